The fraction of sp³-hybridized carbons (Fsp3) is 0.350. The highest BCUT2D eigenvalue weighted by molar-refractivity contribution is 7.99. The van der Waals surface area contributed by atoms with Gasteiger partial charge in [0.1, 0.15) is 5.75 Å². The topological polar surface area (TPSA) is 44.8 Å². The van der Waals surface area contributed by atoms with Gasteiger partial charge in [-0.1, -0.05) is 30.0 Å². The molecule has 0 unspecified atom stereocenters. The fourth-order valence-corrected chi connectivity index (χ4v) is 3.73. The zero-order chi connectivity index (χ0) is 19.9. The van der Waals surface area contributed by atoms with Gasteiger partial charge in [0.25, 0.3) is 5.76 Å². The molecule has 8 heteroatoms. The zero-order valence-electron chi connectivity index (χ0n) is 15.6. The summed E-state index contributed by atoms with van der Waals surface area (Å²) in [6.45, 7) is 3.34. The van der Waals surface area contributed by atoms with Crippen LogP contribution in [0.1, 0.15) is 0 Å². The Morgan fingerprint density at radius 3 is 2.61 bits per heavy atom. The van der Waals surface area contributed by atoms with Crippen LogP contribution in [0.2, 0.25) is 0 Å². The molecule has 1 N–H and O–H groups in total. The lowest BCUT2D eigenvalue weighted by Crippen LogP contribution is -2.48. The quantitative estimate of drug-likeness (QED) is 0.708. The molecule has 1 aliphatic heterocycles. The monoisotopic (exact) mass is 407 g/mol. The van der Waals surface area contributed by atoms with Crippen molar-refractivity contribution in [2.24, 2.45) is 0 Å². The van der Waals surface area contributed by atoms with Crippen molar-refractivity contribution >= 4 is 29.0 Å². The van der Waals surface area contributed by atoms with Crippen molar-refractivity contribution in [2.75, 3.05) is 50.1 Å². The number of anilines is 2. The minimum atomic E-state index is -2.53. The second-order valence-electron chi connectivity index (χ2n) is 6.39. The molecule has 0 atom stereocenters. The number of piperazine rings is 1. The second-order valence-corrected chi connectivity index (χ2v) is 7.42. The molecule has 0 aliphatic carbocycles. The fourth-order valence-electron chi connectivity index (χ4n) is 3.13. The first-order valence-corrected chi connectivity index (χ1v) is 9.88. The normalized spacial score (nSPS) is 14.9. The Labute approximate surface area is 167 Å². The van der Waals surface area contributed by atoms with Crippen molar-refractivity contribution in [1.29, 1.82) is 0 Å². The number of hydrogen-bond donors (Lipinski definition) is 1. The summed E-state index contributed by atoms with van der Waals surface area (Å²) in [6.07, 6.45) is 0. The SMILES string of the molecule is COc1cccc(N2CCN(CC(=O)Nc3ccccc3SC(F)F)CC2)c1. The molecule has 0 aromatic heterocycles. The predicted molar refractivity (Wildman–Crippen MR) is 109 cm³/mol. The van der Waals surface area contributed by atoms with Crippen LogP contribution in [-0.2, 0) is 4.79 Å². The molecule has 1 aliphatic rings. The number of benzene rings is 2. The van der Waals surface area contributed by atoms with Crippen LogP contribution in [0.25, 0.3) is 0 Å². The van der Waals surface area contributed by atoms with Crippen molar-refractivity contribution in [3.8, 4) is 5.75 Å². The number of carbonyl (C=O) groups excluding carboxylic acids is 1. The van der Waals surface area contributed by atoms with Gasteiger partial charge in [0, 0.05) is 42.8 Å². The first kappa shape index (κ1) is 20.4. The summed E-state index contributed by atoms with van der Waals surface area (Å²) in [7, 11) is 1.65. The van der Waals surface area contributed by atoms with E-state index in [0.29, 0.717) is 22.3 Å². The molecule has 28 heavy (non-hydrogen) atoms. The number of methoxy groups -OCH3 is 1. The van der Waals surface area contributed by atoms with Crippen LogP contribution in [0.4, 0.5) is 20.2 Å². The van der Waals surface area contributed by atoms with Crippen LogP contribution < -0.4 is 15.0 Å². The highest BCUT2D eigenvalue weighted by atomic mass is 32.2. The third kappa shape index (κ3) is 5.59. The summed E-state index contributed by atoms with van der Waals surface area (Å²) in [5, 5.41) is 2.76. The predicted octanol–water partition coefficient (Wildman–Crippen LogP) is 3.77. The first-order valence-electron chi connectivity index (χ1n) is 9.00. The van der Waals surface area contributed by atoms with Gasteiger partial charge >= 0.3 is 0 Å². The maximum Gasteiger partial charge on any atom is 0.288 e. The smallest absolute Gasteiger partial charge is 0.288 e. The van der Waals surface area contributed by atoms with Gasteiger partial charge in [-0.15, -0.1) is 0 Å². The van der Waals surface area contributed by atoms with E-state index in [0.717, 1.165) is 37.6 Å². The Bertz CT molecular complexity index is 799. The summed E-state index contributed by atoms with van der Waals surface area (Å²) >= 11 is 0.435. The Kier molecular flexibility index (Phi) is 7.11. The van der Waals surface area contributed by atoms with Crippen LogP contribution in [-0.4, -0.2) is 56.4 Å². The van der Waals surface area contributed by atoms with Gasteiger partial charge in [0.2, 0.25) is 5.91 Å². The molecule has 150 valence electrons. The summed E-state index contributed by atoms with van der Waals surface area (Å²) in [5.74, 6) is -1.90. The van der Waals surface area contributed by atoms with Gasteiger partial charge < -0.3 is 15.0 Å². The Balaban J connectivity index is 1.51. The van der Waals surface area contributed by atoms with Gasteiger partial charge in [-0.05, 0) is 24.3 Å². The number of ether oxygens (including phenoxy) is 1. The lowest BCUT2D eigenvalue weighted by atomic mass is 10.2. The maximum atomic E-state index is 12.7. The molecule has 1 heterocycles. The average molecular weight is 407 g/mol. The maximum absolute atomic E-state index is 12.7. The number of carbonyl (C=O) groups is 1. The number of halogens is 2. The molecular formula is C20H23F2N3O2S. The molecular weight excluding hydrogens is 384 g/mol. The summed E-state index contributed by atoms with van der Waals surface area (Å²) in [6, 6.07) is 14.5. The van der Waals surface area contributed by atoms with E-state index in [2.05, 4.69) is 15.1 Å². The van der Waals surface area contributed by atoms with Gasteiger partial charge in [0.15, 0.2) is 0 Å². The number of nitrogens with zero attached hydrogens (tertiary/aromatic N) is 2. The van der Waals surface area contributed by atoms with Crippen molar-refractivity contribution in [1.82, 2.24) is 4.90 Å². The van der Waals surface area contributed by atoms with Gasteiger partial charge in [-0.25, -0.2) is 0 Å². The van der Waals surface area contributed by atoms with Crippen molar-refractivity contribution in [2.45, 2.75) is 10.7 Å². The summed E-state index contributed by atoms with van der Waals surface area (Å²) < 4.78 is 30.6. The molecule has 0 radical (unpaired) electrons. The number of nitrogens with one attached hydrogen (secondary N) is 1. The molecule has 1 saturated heterocycles. The van der Waals surface area contributed by atoms with Gasteiger partial charge in [-0.3, -0.25) is 9.69 Å². The molecule has 0 bridgehead atoms. The van der Waals surface area contributed by atoms with E-state index in [1.807, 2.05) is 24.3 Å². The number of amides is 1. The van der Waals surface area contributed by atoms with Crippen molar-refractivity contribution in [3.63, 3.8) is 0 Å². The zero-order valence-corrected chi connectivity index (χ0v) is 16.4. The van der Waals surface area contributed by atoms with Crippen molar-refractivity contribution < 1.29 is 18.3 Å². The van der Waals surface area contributed by atoms with Crippen LogP contribution in [0, 0.1) is 0 Å². The Morgan fingerprint density at radius 1 is 1.14 bits per heavy atom. The van der Waals surface area contributed by atoms with E-state index in [1.165, 1.54) is 0 Å². The number of para-hydroxylation sites is 1. The number of hydrogen-bond acceptors (Lipinski definition) is 5. The highest BCUT2D eigenvalue weighted by Gasteiger charge is 2.20. The third-order valence-electron chi connectivity index (χ3n) is 4.54. The van der Waals surface area contributed by atoms with Crippen LogP contribution in [0.3, 0.4) is 0 Å². The van der Waals surface area contributed by atoms with Gasteiger partial charge in [-0.2, -0.15) is 8.78 Å². The van der Waals surface area contributed by atoms with E-state index in [-0.39, 0.29) is 12.5 Å². The molecule has 0 saturated carbocycles. The minimum absolute atomic E-state index is 0.197. The van der Waals surface area contributed by atoms with E-state index < -0.39 is 5.76 Å². The molecule has 0 spiro atoms. The third-order valence-corrected chi connectivity index (χ3v) is 5.32. The summed E-state index contributed by atoms with van der Waals surface area (Å²) in [4.78, 5) is 17.1. The van der Waals surface area contributed by atoms with Crippen LogP contribution in [0.15, 0.2) is 53.4 Å². The molecule has 2 aromatic rings. The number of thioether (sulfide) groups is 1. The van der Waals surface area contributed by atoms with E-state index in [4.69, 9.17) is 4.74 Å². The van der Waals surface area contributed by atoms with Crippen LogP contribution in [0.5, 0.6) is 5.75 Å². The van der Waals surface area contributed by atoms with E-state index >= 15 is 0 Å². The standard InChI is InChI=1S/C20H23F2N3O2S/c1-27-16-6-4-5-15(13-16)25-11-9-24(10-12-25)14-19(26)23-17-7-2-3-8-18(17)28-20(21)22/h2-8,13,20H,9-12,14H2,1H3,(H,23,26). The molecule has 5 nitrogen and oxygen atoms in total. The summed E-state index contributed by atoms with van der Waals surface area (Å²) in [5.41, 5.74) is 1.52. The molecule has 1 amide bonds. The van der Waals surface area contributed by atoms with E-state index in [1.54, 1.807) is 31.4 Å². The first-order chi connectivity index (χ1) is 13.5. The molecule has 2 aromatic carbocycles. The lowest BCUT2D eigenvalue weighted by Gasteiger charge is -2.35. The minimum Gasteiger partial charge on any atom is -0.497 e. The molecule has 3 rings (SSSR count). The van der Waals surface area contributed by atoms with Crippen molar-refractivity contribution in [3.05, 3.63) is 48.5 Å². The number of rotatable bonds is 7. The second kappa shape index (κ2) is 9.75. The molecule has 1 fully saturated rings. The average Bonchev–Trinajstić information content (AvgIpc) is 2.70. The van der Waals surface area contributed by atoms with Crippen LogP contribution >= 0.6 is 11.8 Å². The Morgan fingerprint density at radius 2 is 1.89 bits per heavy atom. The highest BCUT2D eigenvalue weighted by Crippen LogP contribution is 2.31. The Hall–Kier alpha value is -2.32. The number of alkyl halides is 2. The van der Waals surface area contributed by atoms with E-state index in [9.17, 15) is 13.6 Å². The largest absolute Gasteiger partial charge is 0.497 e. The van der Waals surface area contributed by atoms with Gasteiger partial charge in [0.05, 0.1) is 19.3 Å². The lowest BCUT2D eigenvalue weighted by molar-refractivity contribution is -0.117.